The molecule has 0 atom stereocenters. The lowest BCUT2D eigenvalue weighted by Crippen LogP contribution is -2.02. The fraction of sp³-hybridized carbons (Fsp3) is 0. The van der Waals surface area contributed by atoms with E-state index in [0.29, 0.717) is 5.69 Å². The maximum Gasteiger partial charge on any atom is 0.673 e. The minimum absolute atomic E-state index is 0.590. The molecule has 70 valence electrons. The fourth-order valence-electron chi connectivity index (χ4n) is 0.495. The number of diazo groups is 1. The number of hydrogen-bond donors (Lipinski definition) is 0. The van der Waals surface area contributed by atoms with Gasteiger partial charge in [-0.05, 0) is 0 Å². The summed E-state index contributed by atoms with van der Waals surface area (Å²) in [6, 6.07) is 8.94. The second-order valence-electron chi connectivity index (χ2n) is 1.93. The van der Waals surface area contributed by atoms with Gasteiger partial charge in [0.1, 0.15) is 0 Å². The van der Waals surface area contributed by atoms with Gasteiger partial charge in [0.05, 0.1) is 0 Å². The molecule has 0 heterocycles. The Kier molecular flexibility index (Phi) is 4.52. The number of rotatable bonds is 0. The van der Waals surface area contributed by atoms with Crippen LogP contribution in [0.3, 0.4) is 0 Å². The third-order valence-electron chi connectivity index (χ3n) is 0.872. The predicted molar refractivity (Wildman–Crippen MR) is 41.4 cm³/mol. The fourth-order valence-corrected chi connectivity index (χ4v) is 0.495. The second-order valence-corrected chi connectivity index (χ2v) is 1.93. The smallest absolute Gasteiger partial charge is 0.418 e. The van der Waals surface area contributed by atoms with E-state index >= 15 is 0 Å². The van der Waals surface area contributed by atoms with Crippen molar-refractivity contribution in [3.63, 3.8) is 0 Å². The Balaban J connectivity index is 0.000000252. The molecule has 1 aromatic rings. The molecule has 0 aliphatic heterocycles. The van der Waals surface area contributed by atoms with Crippen LogP contribution in [0.2, 0.25) is 0 Å². The van der Waals surface area contributed by atoms with Crippen LogP contribution in [0.1, 0.15) is 0 Å². The highest BCUT2D eigenvalue weighted by molar-refractivity contribution is 6.50. The first-order valence-corrected chi connectivity index (χ1v) is 3.21. The summed E-state index contributed by atoms with van der Waals surface area (Å²) in [6.07, 6.45) is 0. The molecule has 0 bridgehead atoms. The van der Waals surface area contributed by atoms with Gasteiger partial charge in [-0.3, -0.25) is 0 Å². The van der Waals surface area contributed by atoms with Gasteiger partial charge in [0.15, 0.2) is 4.98 Å². The lowest BCUT2D eigenvalue weighted by atomic mass is 10.3. The minimum atomic E-state index is -6.00. The summed E-state index contributed by atoms with van der Waals surface area (Å²) >= 11 is 0. The Labute approximate surface area is 71.9 Å². The van der Waals surface area contributed by atoms with Crippen LogP contribution in [-0.2, 0) is 0 Å². The average Bonchev–Trinajstić information content (AvgIpc) is 2.03. The van der Waals surface area contributed by atoms with Gasteiger partial charge in [-0.1, -0.05) is 18.2 Å². The van der Waals surface area contributed by atoms with E-state index in [9.17, 15) is 17.3 Å². The van der Waals surface area contributed by atoms with Gasteiger partial charge in [0, 0.05) is 12.1 Å². The topological polar surface area (TPSA) is 28.1 Å². The number of benzene rings is 1. The molecule has 0 N–H and O–H groups in total. The molecule has 1 aromatic carbocycles. The molecule has 0 spiro atoms. The molecule has 2 nitrogen and oxygen atoms in total. The van der Waals surface area contributed by atoms with Crippen molar-refractivity contribution in [1.82, 2.24) is 0 Å². The first-order chi connectivity index (χ1) is 5.93. The van der Waals surface area contributed by atoms with Crippen LogP contribution in [0.5, 0.6) is 0 Å². The lowest BCUT2D eigenvalue weighted by Gasteiger charge is -1.94. The Morgan fingerprint density at radius 2 is 1.38 bits per heavy atom. The lowest BCUT2D eigenvalue weighted by molar-refractivity contribution is 0.368. The third-order valence-corrected chi connectivity index (χ3v) is 0.872. The zero-order valence-corrected chi connectivity index (χ0v) is 6.37. The van der Waals surface area contributed by atoms with E-state index in [1.54, 1.807) is 12.1 Å². The molecule has 0 fully saturated rings. The van der Waals surface area contributed by atoms with Crippen molar-refractivity contribution in [3.05, 3.63) is 35.3 Å². The van der Waals surface area contributed by atoms with E-state index in [0.717, 1.165) is 0 Å². The molecule has 0 aliphatic rings. The maximum atomic E-state index is 9.75. The highest BCUT2D eigenvalue weighted by atomic mass is 19.5. The summed E-state index contributed by atoms with van der Waals surface area (Å²) in [5.41, 5.74) is 0.590. The summed E-state index contributed by atoms with van der Waals surface area (Å²) in [5, 5.41) is 8.16. The number of hydrogen-bond acceptors (Lipinski definition) is 1. The van der Waals surface area contributed by atoms with Crippen LogP contribution < -0.4 is 0 Å². The first kappa shape index (κ1) is 11.4. The molecular weight excluding hydrogens is 187 g/mol. The predicted octanol–water partition coefficient (Wildman–Crippen LogP) is 3.47. The van der Waals surface area contributed by atoms with E-state index in [4.69, 9.17) is 5.39 Å². The zero-order chi connectivity index (χ0) is 10.3. The molecule has 0 saturated heterocycles. The van der Waals surface area contributed by atoms with Gasteiger partial charge in [0.2, 0.25) is 5.39 Å². The molecule has 0 unspecified atom stereocenters. The summed E-state index contributed by atoms with van der Waals surface area (Å²) in [4.78, 5) is 2.97. The highest BCUT2D eigenvalue weighted by Crippen LogP contribution is 2.07. The van der Waals surface area contributed by atoms with Gasteiger partial charge in [-0.25, -0.2) is 0 Å². The Bertz CT molecular complexity index is 273. The quantitative estimate of drug-likeness (QED) is 0.351. The van der Waals surface area contributed by atoms with Gasteiger partial charge in [0.25, 0.3) is 0 Å². The zero-order valence-electron chi connectivity index (χ0n) is 6.37. The Morgan fingerprint density at radius 1 is 1.00 bits per heavy atom. The molecule has 7 heteroatoms. The maximum absolute atomic E-state index is 9.75. The summed E-state index contributed by atoms with van der Waals surface area (Å²) in [5.74, 6) is 0. The number of halogens is 4. The first-order valence-electron chi connectivity index (χ1n) is 3.21. The molecule has 0 amide bonds. The van der Waals surface area contributed by atoms with E-state index in [2.05, 4.69) is 4.98 Å². The molecule has 13 heavy (non-hydrogen) atoms. The van der Waals surface area contributed by atoms with Crippen molar-refractivity contribution in [2.75, 3.05) is 0 Å². The molecule has 0 saturated carbocycles. The SMILES string of the molecule is F[B-](F)(F)F.N#[N+]c1ccccc1. The average molecular weight is 192 g/mol. The molecule has 0 aliphatic carbocycles. The van der Waals surface area contributed by atoms with Crippen molar-refractivity contribution in [1.29, 1.82) is 5.39 Å². The monoisotopic (exact) mass is 192 g/mol. The van der Waals surface area contributed by atoms with Crippen LogP contribution in [0.25, 0.3) is 4.98 Å². The number of nitrogens with zero attached hydrogens (tertiary/aromatic N) is 2. The van der Waals surface area contributed by atoms with Crippen LogP contribution in [0, 0.1) is 5.39 Å². The Morgan fingerprint density at radius 3 is 1.62 bits per heavy atom. The van der Waals surface area contributed by atoms with Crippen LogP contribution in [0.15, 0.2) is 30.3 Å². The van der Waals surface area contributed by atoms with Gasteiger partial charge < -0.3 is 17.3 Å². The van der Waals surface area contributed by atoms with Gasteiger partial charge in [-0.2, -0.15) is 0 Å². The summed E-state index contributed by atoms with van der Waals surface area (Å²) in [7, 11) is -6.00. The molecular formula is C6H5BF4N2. The van der Waals surface area contributed by atoms with E-state index < -0.39 is 7.25 Å². The molecule has 1 rings (SSSR count). The standard InChI is InChI=1S/C6H5N2.BF4/c7-8-6-4-2-1-3-5-6;2-1(3,4)5/h1-5H;/q+1;-1. The van der Waals surface area contributed by atoms with Crippen molar-refractivity contribution in [3.8, 4) is 0 Å². The van der Waals surface area contributed by atoms with Crippen LogP contribution >= 0.6 is 0 Å². The second kappa shape index (κ2) is 5.14. The van der Waals surface area contributed by atoms with Crippen molar-refractivity contribution >= 4 is 12.9 Å². The summed E-state index contributed by atoms with van der Waals surface area (Å²) < 4.78 is 39.0. The van der Waals surface area contributed by atoms with E-state index in [1.807, 2.05) is 18.2 Å². The van der Waals surface area contributed by atoms with Crippen molar-refractivity contribution in [2.45, 2.75) is 0 Å². The van der Waals surface area contributed by atoms with E-state index in [-0.39, 0.29) is 0 Å². The molecule has 0 aromatic heterocycles. The van der Waals surface area contributed by atoms with Crippen LogP contribution in [-0.4, -0.2) is 7.25 Å². The highest BCUT2D eigenvalue weighted by Gasteiger charge is 2.20. The van der Waals surface area contributed by atoms with Crippen molar-refractivity contribution in [2.24, 2.45) is 0 Å². The van der Waals surface area contributed by atoms with Gasteiger partial charge >= 0.3 is 12.9 Å². The van der Waals surface area contributed by atoms with E-state index in [1.165, 1.54) is 0 Å². The normalized spacial score (nSPS) is 9.46. The van der Waals surface area contributed by atoms with Gasteiger partial charge in [-0.15, -0.1) is 0 Å². The Hall–Kier alpha value is -1.58. The largest absolute Gasteiger partial charge is 0.673 e. The minimum Gasteiger partial charge on any atom is -0.418 e. The van der Waals surface area contributed by atoms with Crippen LogP contribution in [0.4, 0.5) is 23.0 Å². The summed E-state index contributed by atoms with van der Waals surface area (Å²) in [6.45, 7) is 0. The third kappa shape index (κ3) is 10.4. The van der Waals surface area contributed by atoms with Crippen molar-refractivity contribution < 1.29 is 17.3 Å². The molecule has 0 radical (unpaired) electrons.